The number of anilines is 1. The molecule has 0 unspecified atom stereocenters. The number of piperazine rings is 1. The maximum absolute atomic E-state index is 6.21. The molecule has 7 heteroatoms. The van der Waals surface area contributed by atoms with Crippen LogP contribution in [0.4, 0.5) is 5.69 Å². The third-order valence-corrected chi connectivity index (χ3v) is 6.16. The lowest BCUT2D eigenvalue weighted by molar-refractivity contribution is 0.149. The highest BCUT2D eigenvalue weighted by Crippen LogP contribution is 2.29. The standard InChI is InChI=1S/C24H29N5O2/c1-3-8-19(9-4-1)29-16-14-28(15-17-29)18-22-26-23(27-31-22)21-12-7-13-25-24(21)30-20-10-5-2-6-11-20/h1,3-4,7-9,12-13,20H,2,5-6,10-11,14-18H2. The van der Waals surface area contributed by atoms with E-state index < -0.39 is 0 Å². The summed E-state index contributed by atoms with van der Waals surface area (Å²) in [6.07, 6.45) is 7.89. The molecule has 5 rings (SSSR count). The van der Waals surface area contributed by atoms with Gasteiger partial charge in [-0.2, -0.15) is 4.98 Å². The Kier molecular flexibility index (Phi) is 6.11. The predicted octanol–water partition coefficient (Wildman–Crippen LogP) is 4.17. The van der Waals surface area contributed by atoms with Gasteiger partial charge in [0.2, 0.25) is 17.6 Å². The fraction of sp³-hybridized carbons (Fsp3) is 0.458. The summed E-state index contributed by atoms with van der Waals surface area (Å²) in [7, 11) is 0. The van der Waals surface area contributed by atoms with Gasteiger partial charge < -0.3 is 14.2 Å². The van der Waals surface area contributed by atoms with Gasteiger partial charge in [-0.1, -0.05) is 29.8 Å². The second kappa shape index (κ2) is 9.47. The van der Waals surface area contributed by atoms with Gasteiger partial charge in [0.25, 0.3) is 0 Å². The van der Waals surface area contributed by atoms with Gasteiger partial charge in [-0.05, 0) is 49.9 Å². The van der Waals surface area contributed by atoms with Gasteiger partial charge in [0.1, 0.15) is 6.10 Å². The Bertz CT molecular complexity index is 963. The van der Waals surface area contributed by atoms with Crippen molar-refractivity contribution < 1.29 is 9.26 Å². The van der Waals surface area contributed by atoms with Crippen molar-refractivity contribution >= 4 is 5.69 Å². The highest BCUT2D eigenvalue weighted by molar-refractivity contribution is 5.60. The smallest absolute Gasteiger partial charge is 0.241 e. The summed E-state index contributed by atoms with van der Waals surface area (Å²) in [6, 6.07) is 14.4. The van der Waals surface area contributed by atoms with Crippen molar-refractivity contribution in [2.24, 2.45) is 0 Å². The number of aromatic nitrogens is 3. The minimum Gasteiger partial charge on any atom is -0.474 e. The number of para-hydroxylation sites is 1. The van der Waals surface area contributed by atoms with Crippen LogP contribution in [0.1, 0.15) is 38.0 Å². The van der Waals surface area contributed by atoms with E-state index in [1.54, 1.807) is 6.20 Å². The van der Waals surface area contributed by atoms with Crippen molar-refractivity contribution in [3.05, 3.63) is 54.6 Å². The molecule has 3 heterocycles. The summed E-state index contributed by atoms with van der Waals surface area (Å²) < 4.78 is 11.8. The van der Waals surface area contributed by atoms with Crippen LogP contribution in [-0.4, -0.2) is 52.3 Å². The largest absolute Gasteiger partial charge is 0.474 e. The van der Waals surface area contributed by atoms with Crippen LogP contribution in [-0.2, 0) is 6.54 Å². The van der Waals surface area contributed by atoms with E-state index in [4.69, 9.17) is 9.26 Å². The zero-order chi connectivity index (χ0) is 20.9. The zero-order valence-corrected chi connectivity index (χ0v) is 17.8. The quantitative estimate of drug-likeness (QED) is 0.594. The SMILES string of the molecule is c1ccc(N2CCN(Cc3nc(-c4cccnc4OC4CCCCC4)no3)CC2)cc1. The first-order valence-corrected chi connectivity index (χ1v) is 11.3. The predicted molar refractivity (Wildman–Crippen MR) is 119 cm³/mol. The Labute approximate surface area is 183 Å². The average Bonchev–Trinajstić information content (AvgIpc) is 3.29. The Balaban J connectivity index is 1.21. The second-order valence-corrected chi connectivity index (χ2v) is 8.34. The Morgan fingerprint density at radius 2 is 1.74 bits per heavy atom. The summed E-state index contributed by atoms with van der Waals surface area (Å²) in [5.41, 5.74) is 2.08. The van der Waals surface area contributed by atoms with Crippen LogP contribution in [0.15, 0.2) is 53.2 Å². The van der Waals surface area contributed by atoms with E-state index >= 15 is 0 Å². The van der Waals surface area contributed by atoms with Gasteiger partial charge in [0.15, 0.2) is 0 Å². The third kappa shape index (κ3) is 4.88. The highest BCUT2D eigenvalue weighted by atomic mass is 16.5. The van der Waals surface area contributed by atoms with Gasteiger partial charge in [0, 0.05) is 38.1 Å². The molecule has 0 bridgehead atoms. The number of pyridine rings is 1. The van der Waals surface area contributed by atoms with Gasteiger partial charge in [0.05, 0.1) is 12.1 Å². The summed E-state index contributed by atoms with van der Waals surface area (Å²) in [6.45, 7) is 4.58. The molecule has 0 atom stereocenters. The minimum absolute atomic E-state index is 0.231. The lowest BCUT2D eigenvalue weighted by Gasteiger charge is -2.35. The van der Waals surface area contributed by atoms with Gasteiger partial charge in [-0.25, -0.2) is 4.98 Å². The van der Waals surface area contributed by atoms with Gasteiger partial charge in [-0.3, -0.25) is 4.90 Å². The van der Waals surface area contributed by atoms with E-state index in [-0.39, 0.29) is 6.10 Å². The monoisotopic (exact) mass is 419 g/mol. The summed E-state index contributed by atoms with van der Waals surface area (Å²) in [5, 5.41) is 4.23. The summed E-state index contributed by atoms with van der Waals surface area (Å²) >= 11 is 0. The number of benzene rings is 1. The lowest BCUT2D eigenvalue weighted by Crippen LogP contribution is -2.46. The zero-order valence-electron chi connectivity index (χ0n) is 17.8. The molecule has 162 valence electrons. The molecule has 2 fully saturated rings. The van der Waals surface area contributed by atoms with Crippen molar-refractivity contribution in [3.8, 4) is 17.3 Å². The van der Waals surface area contributed by atoms with Crippen molar-refractivity contribution in [3.63, 3.8) is 0 Å². The van der Waals surface area contributed by atoms with Gasteiger partial charge in [-0.15, -0.1) is 0 Å². The molecule has 1 saturated carbocycles. The van der Waals surface area contributed by atoms with Crippen molar-refractivity contribution in [2.75, 3.05) is 31.1 Å². The number of hydrogen-bond donors (Lipinski definition) is 0. The van der Waals surface area contributed by atoms with Crippen LogP contribution in [0.25, 0.3) is 11.4 Å². The molecule has 0 amide bonds. The lowest BCUT2D eigenvalue weighted by atomic mass is 9.98. The van der Waals surface area contributed by atoms with E-state index in [2.05, 4.69) is 55.3 Å². The van der Waals surface area contributed by atoms with Crippen molar-refractivity contribution in [1.82, 2.24) is 20.0 Å². The third-order valence-electron chi connectivity index (χ3n) is 6.16. The fourth-order valence-electron chi connectivity index (χ4n) is 4.42. The summed E-state index contributed by atoms with van der Waals surface area (Å²) in [4.78, 5) is 13.9. The van der Waals surface area contributed by atoms with Crippen molar-refractivity contribution in [2.45, 2.75) is 44.8 Å². The van der Waals surface area contributed by atoms with Crippen LogP contribution in [0, 0.1) is 0 Å². The first-order valence-electron chi connectivity index (χ1n) is 11.3. The van der Waals surface area contributed by atoms with Crippen LogP contribution >= 0.6 is 0 Å². The molecule has 2 aliphatic rings. The van der Waals surface area contributed by atoms with E-state index in [1.807, 2.05) is 12.1 Å². The van der Waals surface area contributed by atoms with Crippen LogP contribution in [0.3, 0.4) is 0 Å². The highest BCUT2D eigenvalue weighted by Gasteiger charge is 2.22. The normalized spacial score (nSPS) is 18.3. The van der Waals surface area contributed by atoms with E-state index in [1.165, 1.54) is 24.9 Å². The molecule has 31 heavy (non-hydrogen) atoms. The number of nitrogens with zero attached hydrogens (tertiary/aromatic N) is 5. The summed E-state index contributed by atoms with van der Waals surface area (Å²) in [5.74, 6) is 1.80. The Morgan fingerprint density at radius 1 is 0.935 bits per heavy atom. The molecule has 1 aliphatic carbocycles. The minimum atomic E-state index is 0.231. The Morgan fingerprint density at radius 3 is 2.55 bits per heavy atom. The number of ether oxygens (including phenoxy) is 1. The molecule has 3 aromatic rings. The van der Waals surface area contributed by atoms with Crippen LogP contribution in [0.2, 0.25) is 0 Å². The topological polar surface area (TPSA) is 67.5 Å². The van der Waals surface area contributed by atoms with Crippen LogP contribution in [0.5, 0.6) is 5.88 Å². The number of hydrogen-bond acceptors (Lipinski definition) is 7. The van der Waals surface area contributed by atoms with E-state index in [9.17, 15) is 0 Å². The Hall–Kier alpha value is -2.93. The molecular weight excluding hydrogens is 390 g/mol. The molecule has 7 nitrogen and oxygen atoms in total. The molecule has 1 saturated heterocycles. The molecular formula is C24H29N5O2. The van der Waals surface area contributed by atoms with E-state index in [0.717, 1.165) is 44.6 Å². The molecule has 0 radical (unpaired) electrons. The van der Waals surface area contributed by atoms with Crippen molar-refractivity contribution in [1.29, 1.82) is 0 Å². The van der Waals surface area contributed by atoms with Gasteiger partial charge >= 0.3 is 0 Å². The average molecular weight is 420 g/mol. The molecule has 0 spiro atoms. The molecule has 1 aromatic carbocycles. The number of rotatable bonds is 6. The molecule has 0 N–H and O–H groups in total. The maximum Gasteiger partial charge on any atom is 0.241 e. The maximum atomic E-state index is 6.21. The van der Waals surface area contributed by atoms with E-state index in [0.29, 0.717) is 24.1 Å². The fourth-order valence-corrected chi connectivity index (χ4v) is 4.42. The molecule has 2 aromatic heterocycles. The second-order valence-electron chi connectivity index (χ2n) is 8.34. The molecule has 1 aliphatic heterocycles. The first kappa shape index (κ1) is 20.0. The van der Waals surface area contributed by atoms with Crippen LogP contribution < -0.4 is 9.64 Å². The first-order chi connectivity index (χ1) is 15.3.